The second-order valence-corrected chi connectivity index (χ2v) is 6.42. The Balaban J connectivity index is 1.48. The largest absolute Gasteiger partial charge is 0.367 e. The van der Waals surface area contributed by atoms with E-state index in [1.807, 2.05) is 12.1 Å². The fourth-order valence-electron chi connectivity index (χ4n) is 2.87. The zero-order chi connectivity index (χ0) is 16.9. The van der Waals surface area contributed by atoms with Crippen LogP contribution in [0.3, 0.4) is 0 Å². The molecule has 1 saturated heterocycles. The molecule has 0 amide bonds. The summed E-state index contributed by atoms with van der Waals surface area (Å²) in [7, 11) is 0. The van der Waals surface area contributed by atoms with E-state index in [1.165, 1.54) is 17.8 Å². The summed E-state index contributed by atoms with van der Waals surface area (Å²) in [6.45, 7) is 2.94. The molecule has 2 heterocycles. The highest BCUT2D eigenvalue weighted by atomic mass is 35.5. The summed E-state index contributed by atoms with van der Waals surface area (Å²) >= 11 is 5.91. The van der Waals surface area contributed by atoms with E-state index in [2.05, 4.69) is 27.3 Å². The van der Waals surface area contributed by atoms with Gasteiger partial charge in [-0.1, -0.05) is 23.7 Å². The maximum Gasteiger partial charge on any atom is 0.287 e. The van der Waals surface area contributed by atoms with Crippen LogP contribution in [0.2, 0.25) is 5.02 Å². The fourth-order valence-corrected chi connectivity index (χ4v) is 3.00. The highest BCUT2D eigenvalue weighted by Crippen LogP contribution is 2.19. The van der Waals surface area contributed by atoms with E-state index in [1.54, 1.807) is 6.07 Å². The molecule has 7 heteroatoms. The first kappa shape index (κ1) is 16.7. The molecule has 1 aliphatic rings. The number of nitrogens with zero attached hydrogens (tertiary/aromatic N) is 3. The van der Waals surface area contributed by atoms with Crippen LogP contribution in [0.15, 0.2) is 42.6 Å². The van der Waals surface area contributed by atoms with Crippen molar-refractivity contribution in [2.24, 2.45) is 0 Å². The van der Waals surface area contributed by atoms with Gasteiger partial charge in [-0.15, -0.1) is 0 Å². The van der Waals surface area contributed by atoms with Gasteiger partial charge in [-0.05, 0) is 36.6 Å². The molecule has 24 heavy (non-hydrogen) atoms. The number of aromatic nitrogens is 1. The van der Waals surface area contributed by atoms with E-state index in [0.29, 0.717) is 11.9 Å². The summed E-state index contributed by atoms with van der Waals surface area (Å²) in [5, 5.41) is 14.8. The highest BCUT2D eigenvalue weighted by molar-refractivity contribution is 6.30. The van der Waals surface area contributed by atoms with Crippen molar-refractivity contribution in [3.63, 3.8) is 0 Å². The molecule has 0 unspecified atom stereocenters. The Morgan fingerprint density at radius 1 is 1.21 bits per heavy atom. The molecule has 3 rings (SSSR count). The van der Waals surface area contributed by atoms with E-state index in [9.17, 15) is 10.1 Å². The molecule has 1 aliphatic heterocycles. The number of nitrogens with one attached hydrogen (secondary N) is 1. The molecule has 6 nitrogen and oxygen atoms in total. The van der Waals surface area contributed by atoms with Crippen molar-refractivity contribution < 1.29 is 4.92 Å². The number of halogens is 1. The Morgan fingerprint density at radius 2 is 1.92 bits per heavy atom. The zero-order valence-electron chi connectivity index (χ0n) is 13.2. The molecule has 0 spiro atoms. The first-order chi connectivity index (χ1) is 11.6. The van der Waals surface area contributed by atoms with Crippen molar-refractivity contribution in [3.05, 3.63) is 63.3 Å². The number of anilines is 1. The van der Waals surface area contributed by atoms with E-state index < -0.39 is 4.92 Å². The summed E-state index contributed by atoms with van der Waals surface area (Å²) in [5.74, 6) is 0.691. The zero-order valence-corrected chi connectivity index (χ0v) is 13.9. The minimum Gasteiger partial charge on any atom is -0.367 e. The average molecular weight is 347 g/mol. The molecule has 0 saturated carbocycles. The Hall–Kier alpha value is -2.18. The first-order valence-corrected chi connectivity index (χ1v) is 8.32. The number of hydrogen-bond donors (Lipinski definition) is 1. The van der Waals surface area contributed by atoms with Crippen LogP contribution in [0.1, 0.15) is 18.4 Å². The van der Waals surface area contributed by atoms with Crippen LogP contribution in [-0.2, 0) is 6.54 Å². The van der Waals surface area contributed by atoms with Gasteiger partial charge >= 0.3 is 0 Å². The number of hydrogen-bond acceptors (Lipinski definition) is 5. The molecule has 0 aliphatic carbocycles. The molecule has 0 radical (unpaired) electrons. The lowest BCUT2D eigenvalue weighted by Gasteiger charge is -2.32. The quantitative estimate of drug-likeness (QED) is 0.660. The fraction of sp³-hybridized carbons (Fsp3) is 0.353. The lowest BCUT2D eigenvalue weighted by molar-refractivity contribution is -0.385. The van der Waals surface area contributed by atoms with Crippen molar-refractivity contribution in [1.29, 1.82) is 0 Å². The highest BCUT2D eigenvalue weighted by Gasteiger charge is 2.19. The van der Waals surface area contributed by atoms with Gasteiger partial charge in [-0.2, -0.15) is 0 Å². The molecule has 2 aromatic rings. The van der Waals surface area contributed by atoms with Crippen LogP contribution in [0.5, 0.6) is 0 Å². The van der Waals surface area contributed by atoms with Crippen molar-refractivity contribution in [3.8, 4) is 0 Å². The third kappa shape index (κ3) is 4.43. The van der Waals surface area contributed by atoms with Crippen LogP contribution in [-0.4, -0.2) is 33.9 Å². The summed E-state index contributed by atoms with van der Waals surface area (Å²) < 4.78 is 0. The SMILES string of the molecule is O=[N+]([O-])c1ccc(NC2CCN(Cc3ccc(Cl)cc3)CC2)nc1. The number of nitro groups is 1. The second kappa shape index (κ2) is 7.59. The van der Waals surface area contributed by atoms with Gasteiger partial charge < -0.3 is 5.32 Å². The summed E-state index contributed by atoms with van der Waals surface area (Å²) in [6.07, 6.45) is 3.33. The molecule has 0 bridgehead atoms. The first-order valence-electron chi connectivity index (χ1n) is 7.94. The van der Waals surface area contributed by atoms with E-state index >= 15 is 0 Å². The van der Waals surface area contributed by atoms with Crippen LogP contribution >= 0.6 is 11.6 Å². The van der Waals surface area contributed by atoms with Crippen molar-refractivity contribution in [2.75, 3.05) is 18.4 Å². The molecule has 0 atom stereocenters. The summed E-state index contributed by atoms with van der Waals surface area (Å²) in [6, 6.07) is 11.5. The Labute approximate surface area is 145 Å². The summed E-state index contributed by atoms with van der Waals surface area (Å²) in [5.41, 5.74) is 1.28. The monoisotopic (exact) mass is 346 g/mol. The number of piperidine rings is 1. The van der Waals surface area contributed by atoms with Gasteiger partial charge in [0.2, 0.25) is 0 Å². The Kier molecular flexibility index (Phi) is 5.27. The standard InChI is InChI=1S/C17H19ClN4O2/c18-14-3-1-13(2-4-14)12-21-9-7-15(8-10-21)20-17-6-5-16(11-19-17)22(23)24/h1-6,11,15H,7-10,12H2,(H,19,20). The number of likely N-dealkylation sites (tertiary alicyclic amines) is 1. The molecular weight excluding hydrogens is 328 g/mol. The van der Waals surface area contributed by atoms with Crippen LogP contribution in [0.25, 0.3) is 0 Å². The van der Waals surface area contributed by atoms with Gasteiger partial charge in [-0.25, -0.2) is 4.98 Å². The maximum atomic E-state index is 10.6. The van der Waals surface area contributed by atoms with Gasteiger partial charge in [0.05, 0.1) is 4.92 Å². The number of pyridine rings is 1. The van der Waals surface area contributed by atoms with Gasteiger partial charge in [0, 0.05) is 36.8 Å². The normalized spacial score (nSPS) is 16.0. The minimum atomic E-state index is -0.438. The third-order valence-corrected chi connectivity index (χ3v) is 4.47. The van der Waals surface area contributed by atoms with E-state index in [-0.39, 0.29) is 5.69 Å². The van der Waals surface area contributed by atoms with Gasteiger partial charge in [0.15, 0.2) is 0 Å². The van der Waals surface area contributed by atoms with Crippen LogP contribution < -0.4 is 5.32 Å². The van der Waals surface area contributed by atoms with E-state index in [0.717, 1.165) is 37.5 Å². The molecule has 126 valence electrons. The van der Waals surface area contributed by atoms with Crippen molar-refractivity contribution in [2.45, 2.75) is 25.4 Å². The van der Waals surface area contributed by atoms with Crippen LogP contribution in [0.4, 0.5) is 11.5 Å². The third-order valence-electron chi connectivity index (χ3n) is 4.22. The smallest absolute Gasteiger partial charge is 0.287 e. The summed E-state index contributed by atoms with van der Waals surface area (Å²) in [4.78, 5) is 16.7. The predicted molar refractivity (Wildman–Crippen MR) is 94.3 cm³/mol. The minimum absolute atomic E-state index is 0.0123. The van der Waals surface area contributed by atoms with Crippen molar-refractivity contribution in [1.82, 2.24) is 9.88 Å². The molecule has 1 aromatic carbocycles. The topological polar surface area (TPSA) is 71.3 Å². The van der Waals surface area contributed by atoms with Crippen LogP contribution in [0, 0.1) is 10.1 Å². The molecule has 1 aromatic heterocycles. The van der Waals surface area contributed by atoms with Crippen molar-refractivity contribution >= 4 is 23.1 Å². The Morgan fingerprint density at radius 3 is 2.50 bits per heavy atom. The van der Waals surface area contributed by atoms with Gasteiger partial charge in [0.1, 0.15) is 12.0 Å². The Bertz CT molecular complexity index is 683. The maximum absolute atomic E-state index is 10.6. The lowest BCUT2D eigenvalue weighted by Crippen LogP contribution is -2.38. The average Bonchev–Trinajstić information content (AvgIpc) is 2.59. The predicted octanol–water partition coefficient (Wildman–Crippen LogP) is 3.72. The molecule has 1 N–H and O–H groups in total. The lowest BCUT2D eigenvalue weighted by atomic mass is 10.0. The molecular formula is C17H19ClN4O2. The molecule has 1 fully saturated rings. The van der Waals surface area contributed by atoms with E-state index in [4.69, 9.17) is 11.6 Å². The van der Waals surface area contributed by atoms with Gasteiger partial charge in [0.25, 0.3) is 5.69 Å². The second-order valence-electron chi connectivity index (χ2n) is 5.98. The number of rotatable bonds is 5. The number of benzene rings is 1. The van der Waals surface area contributed by atoms with Gasteiger partial charge in [-0.3, -0.25) is 15.0 Å².